The fourth-order valence-corrected chi connectivity index (χ4v) is 0. The summed E-state index contributed by atoms with van der Waals surface area (Å²) in [5.41, 5.74) is 0. The zero-order valence-electron chi connectivity index (χ0n) is 2.83. The van der Waals surface area contributed by atoms with Gasteiger partial charge in [-0.2, -0.15) is 0 Å². The quantitative estimate of drug-likeness (QED) is 0.399. The fourth-order valence-electron chi connectivity index (χ4n) is 0. The molecule has 0 N–H and O–H groups in total. The van der Waals surface area contributed by atoms with Crippen LogP contribution < -0.4 is 0 Å². The molecule has 0 fully saturated rings. The third kappa shape index (κ3) is 1.87. The summed E-state index contributed by atoms with van der Waals surface area (Å²) in [5, 5.41) is 0. The molecule has 0 bridgehead atoms. The Hall–Kier alpha value is -0.130. The molecule has 0 unspecified atom stereocenters. The van der Waals surface area contributed by atoms with Crippen molar-refractivity contribution < 1.29 is 0 Å². The van der Waals surface area contributed by atoms with Crippen LogP contribution in [0.5, 0.6) is 0 Å². The second-order valence-electron chi connectivity index (χ2n) is 0.707. The predicted molar refractivity (Wildman–Crippen MR) is 19.9 cm³/mol. The first-order chi connectivity index (χ1) is 1.91. The van der Waals surface area contributed by atoms with Gasteiger partial charge < -0.3 is 0 Å². The van der Waals surface area contributed by atoms with Crippen LogP contribution in [0.1, 0.15) is 12.8 Å². The average Bonchev–Trinajstić information content (AvgIpc) is 1.37. The average molecular weight is 56.1 g/mol. The Morgan fingerprint density at radius 2 is 2.00 bits per heavy atom. The van der Waals surface area contributed by atoms with Crippen molar-refractivity contribution in [3.63, 3.8) is 0 Å². The molecule has 0 heterocycles. The van der Waals surface area contributed by atoms with Gasteiger partial charge in [0.15, 0.2) is 0 Å². The standard InChI is InChI=1S/C4H8/c1-3-4-2/h1-4H2/q+1. The van der Waals surface area contributed by atoms with Gasteiger partial charge in [0.2, 0.25) is 0 Å². The molecule has 0 aliphatic carbocycles. The molecular weight excluding hydrogens is 48.0 g/mol. The lowest BCUT2D eigenvalue weighted by Gasteiger charge is -1.59. The van der Waals surface area contributed by atoms with E-state index >= 15 is 0 Å². The van der Waals surface area contributed by atoms with E-state index in [4.69, 9.17) is 0 Å². The van der Waals surface area contributed by atoms with Gasteiger partial charge in [0.1, 0.15) is 0 Å². The molecule has 0 heteroatoms. The zero-order chi connectivity index (χ0) is 3.41. The van der Waals surface area contributed by atoms with Crippen molar-refractivity contribution in [3.8, 4) is 0 Å². The van der Waals surface area contributed by atoms with E-state index in [-0.39, 0.29) is 0 Å². The Morgan fingerprint density at radius 3 is 2.00 bits per heavy atom. The van der Waals surface area contributed by atoms with Gasteiger partial charge in [-0.15, -0.1) is 0 Å². The minimum Gasteiger partial charge on any atom is -0.0491 e. The third-order valence-corrected chi connectivity index (χ3v) is 0.250. The first-order valence-corrected chi connectivity index (χ1v) is 1.50. The molecular formula is C4H8+. The summed E-state index contributed by atoms with van der Waals surface area (Å²) >= 11 is 0. The highest BCUT2D eigenvalue weighted by atomic mass is 13.6. The van der Waals surface area contributed by atoms with Crippen molar-refractivity contribution in [2.45, 2.75) is 12.8 Å². The molecule has 0 aliphatic rings. The normalized spacial score (nSPS) is 7.25. The largest absolute Gasteiger partial charge is 0.0850 e. The lowest BCUT2D eigenvalue weighted by atomic mass is 10.4. The van der Waals surface area contributed by atoms with Crippen LogP contribution in [0.25, 0.3) is 0 Å². The minimum atomic E-state index is 0.958. The molecule has 0 aromatic heterocycles. The van der Waals surface area contributed by atoms with Crippen molar-refractivity contribution in [3.05, 3.63) is 13.8 Å². The van der Waals surface area contributed by atoms with Gasteiger partial charge in [0.05, 0.1) is 13.3 Å². The van der Waals surface area contributed by atoms with E-state index < -0.39 is 0 Å². The van der Waals surface area contributed by atoms with E-state index in [0.717, 1.165) is 12.8 Å². The summed E-state index contributed by atoms with van der Waals surface area (Å²) in [6.45, 7) is 7.08. The van der Waals surface area contributed by atoms with Crippen LogP contribution in [-0.4, -0.2) is 0 Å². The molecule has 0 aromatic carbocycles. The molecule has 4 heavy (non-hydrogen) atoms. The second-order valence-corrected chi connectivity index (χ2v) is 0.707. The van der Waals surface area contributed by atoms with Crippen molar-refractivity contribution in [2.24, 2.45) is 0 Å². The van der Waals surface area contributed by atoms with Crippen molar-refractivity contribution >= 4 is 0 Å². The Balaban J connectivity index is 1.97. The van der Waals surface area contributed by atoms with E-state index in [0.29, 0.717) is 0 Å². The summed E-state index contributed by atoms with van der Waals surface area (Å²) < 4.78 is 0. The Bertz CT molecular complexity index is 2.00. The van der Waals surface area contributed by atoms with Crippen molar-refractivity contribution in [1.29, 1.82) is 0 Å². The number of rotatable bonds is 1. The highest BCUT2D eigenvalue weighted by molar-refractivity contribution is 4.38. The molecule has 0 saturated carbocycles. The Morgan fingerprint density at radius 1 is 1.75 bits per heavy atom. The molecule has 0 aliphatic heterocycles. The number of hydrogen-bond acceptors (Lipinski definition) is 0. The van der Waals surface area contributed by atoms with Crippen LogP contribution in [0, 0.1) is 13.8 Å². The smallest absolute Gasteiger partial charge is 0.0491 e. The maximum absolute atomic E-state index is 3.54. The van der Waals surface area contributed by atoms with Crippen LogP contribution in [-0.2, 0) is 0 Å². The number of hydrogen-bond donors (Lipinski definition) is 0. The molecule has 0 atom stereocenters. The molecule has 0 spiro atoms. The van der Waals surface area contributed by atoms with Gasteiger partial charge in [0.25, 0.3) is 0 Å². The fraction of sp³-hybridized carbons (Fsp3) is 0.500. The summed E-state index contributed by atoms with van der Waals surface area (Å²) in [6, 6.07) is 0. The monoisotopic (exact) mass is 56.1 g/mol. The summed E-state index contributed by atoms with van der Waals surface area (Å²) in [5.74, 6) is 0. The number of unbranched alkanes of at least 4 members (excludes halogenated alkanes) is 1. The van der Waals surface area contributed by atoms with Crippen LogP contribution in [0.15, 0.2) is 0 Å². The molecule has 0 aromatic rings. The van der Waals surface area contributed by atoms with E-state index in [1.54, 1.807) is 0 Å². The highest BCUT2D eigenvalue weighted by Crippen LogP contribution is 1.75. The van der Waals surface area contributed by atoms with Crippen molar-refractivity contribution in [1.82, 2.24) is 0 Å². The van der Waals surface area contributed by atoms with Crippen LogP contribution in [0.2, 0.25) is 0 Å². The van der Waals surface area contributed by atoms with E-state index in [9.17, 15) is 0 Å². The van der Waals surface area contributed by atoms with Gasteiger partial charge in [-0.25, -0.2) is 0 Å². The molecule has 0 amide bonds. The Kier molecular flexibility index (Phi) is 2.78. The zero-order valence-corrected chi connectivity index (χ0v) is 2.83. The maximum Gasteiger partial charge on any atom is 0.0850 e. The lowest BCUT2D eigenvalue weighted by Crippen LogP contribution is -1.49. The van der Waals surface area contributed by atoms with E-state index in [1.165, 1.54) is 0 Å². The summed E-state index contributed by atoms with van der Waals surface area (Å²) in [6.07, 6.45) is 1.92. The van der Waals surface area contributed by atoms with Crippen LogP contribution in [0.3, 0.4) is 0 Å². The molecule has 0 rings (SSSR count). The van der Waals surface area contributed by atoms with E-state index in [1.807, 2.05) is 0 Å². The van der Waals surface area contributed by atoms with Gasteiger partial charge >= 0.3 is 0 Å². The first kappa shape index (κ1) is 3.87. The second kappa shape index (κ2) is 2.87. The SMILES string of the molecule is [CH2]CC[CH2+]. The molecule has 1 radical (unpaired) electrons. The highest BCUT2D eigenvalue weighted by Gasteiger charge is 1.65. The summed E-state index contributed by atoms with van der Waals surface area (Å²) in [4.78, 5) is 0. The Labute approximate surface area is 27.8 Å². The molecule has 0 nitrogen and oxygen atoms in total. The van der Waals surface area contributed by atoms with Gasteiger partial charge in [0, 0.05) is 0 Å². The predicted octanol–water partition coefficient (Wildman–Crippen LogP) is 1.43. The van der Waals surface area contributed by atoms with Gasteiger partial charge in [-0.05, 0) is 13.3 Å². The van der Waals surface area contributed by atoms with Crippen LogP contribution >= 0.6 is 0 Å². The summed E-state index contributed by atoms with van der Waals surface area (Å²) in [7, 11) is 0. The van der Waals surface area contributed by atoms with Gasteiger partial charge in [-0.3, -0.25) is 0 Å². The van der Waals surface area contributed by atoms with Crippen molar-refractivity contribution in [2.75, 3.05) is 0 Å². The topological polar surface area (TPSA) is 0 Å². The molecule has 0 saturated heterocycles. The van der Waals surface area contributed by atoms with E-state index in [2.05, 4.69) is 13.8 Å². The maximum atomic E-state index is 3.54. The first-order valence-electron chi connectivity index (χ1n) is 1.50. The minimum absolute atomic E-state index is 0.958. The lowest BCUT2D eigenvalue weighted by molar-refractivity contribution is 1.05. The van der Waals surface area contributed by atoms with Crippen LogP contribution in [0.4, 0.5) is 0 Å². The molecule has 23 valence electrons. The third-order valence-electron chi connectivity index (χ3n) is 0.250. The van der Waals surface area contributed by atoms with Gasteiger partial charge in [-0.1, -0.05) is 0 Å².